The Morgan fingerprint density at radius 1 is 1.50 bits per heavy atom. The van der Waals surface area contributed by atoms with Gasteiger partial charge in [-0.05, 0) is 25.0 Å². The Morgan fingerprint density at radius 2 is 2.23 bits per heavy atom. The van der Waals surface area contributed by atoms with Crippen molar-refractivity contribution in [2.24, 2.45) is 16.1 Å². The van der Waals surface area contributed by atoms with Crippen molar-refractivity contribution in [2.45, 2.75) is 18.8 Å². The quantitative estimate of drug-likeness (QED) is 0.0925. The first-order chi connectivity index (χ1) is 12.3. The van der Waals surface area contributed by atoms with Crippen LogP contribution in [0.5, 0.6) is 5.75 Å². The standard InChI is InChI=1S/C13H16BI3N6O2S/c14-7-23(26(15,16)17)13(24)25-10-3-1-2-9-12(10)8(6-20-9)4-5-11(18)21-22-19/h1-3,8,20H,4-7H2,(H3,18,19,21). The summed E-state index contributed by atoms with van der Waals surface area (Å²) in [4.78, 5) is 12.6. The van der Waals surface area contributed by atoms with E-state index in [1.165, 1.54) is 4.31 Å². The third-order valence-electron chi connectivity index (χ3n) is 3.76. The van der Waals surface area contributed by atoms with Crippen molar-refractivity contribution in [2.75, 3.05) is 18.3 Å². The Balaban J connectivity index is 2.19. The fourth-order valence-corrected chi connectivity index (χ4v) is 5.88. The van der Waals surface area contributed by atoms with E-state index >= 15 is 0 Å². The van der Waals surface area contributed by atoms with Crippen molar-refractivity contribution in [3.8, 4) is 5.75 Å². The highest BCUT2D eigenvalue weighted by molar-refractivity contribution is 14.5. The average Bonchev–Trinajstić information content (AvgIpc) is 2.96. The smallest absolute Gasteiger partial charge is 0.409 e. The number of carbonyl (C=O) groups is 1. The van der Waals surface area contributed by atoms with Crippen LogP contribution < -0.4 is 15.8 Å². The molecule has 0 saturated carbocycles. The average molecular weight is 712 g/mol. The second kappa shape index (κ2) is 9.95. The SMILES string of the molecule is [B]CN(C(=O)Oc1cccc2c1C(CCC(N)=NN=N)CN2)S(I)(I)I. The van der Waals surface area contributed by atoms with E-state index in [9.17, 15) is 4.79 Å². The fourth-order valence-electron chi connectivity index (χ4n) is 2.61. The number of amidine groups is 1. The molecule has 0 saturated heterocycles. The summed E-state index contributed by atoms with van der Waals surface area (Å²) in [6, 6.07) is 5.58. The molecule has 1 aromatic rings. The number of benzene rings is 1. The molecule has 13 heteroatoms. The molecule has 8 nitrogen and oxygen atoms in total. The number of hydrogen-bond acceptors (Lipinski definition) is 5. The molecule has 1 heterocycles. The number of fused-ring (bicyclic) bond motifs is 1. The first-order valence-corrected chi connectivity index (χ1v) is 16.7. The molecule has 2 rings (SSSR count). The van der Waals surface area contributed by atoms with Crippen LogP contribution in [0.1, 0.15) is 24.3 Å². The number of rotatable bonds is 7. The fraction of sp³-hybridized carbons (Fsp3) is 0.385. The summed E-state index contributed by atoms with van der Waals surface area (Å²) in [5.74, 6) is 0.954. The van der Waals surface area contributed by atoms with Crippen molar-refractivity contribution < 1.29 is 9.53 Å². The van der Waals surface area contributed by atoms with Gasteiger partial charge in [-0.3, -0.25) is 4.31 Å². The molecule has 1 aliphatic rings. The van der Waals surface area contributed by atoms with Crippen molar-refractivity contribution >= 4 is 90.8 Å². The van der Waals surface area contributed by atoms with Crippen molar-refractivity contribution in [3.63, 3.8) is 0 Å². The van der Waals surface area contributed by atoms with Crippen LogP contribution in [0.3, 0.4) is 0 Å². The lowest BCUT2D eigenvalue weighted by Crippen LogP contribution is -2.31. The third kappa shape index (κ3) is 5.73. The maximum Gasteiger partial charge on any atom is 0.425 e. The Hall–Kier alpha value is -0.0351. The lowest BCUT2D eigenvalue weighted by molar-refractivity contribution is 0.185. The number of hydrogen-bond donors (Lipinski definition) is 3. The second-order valence-corrected chi connectivity index (χ2v) is 33.2. The molecule has 0 aliphatic carbocycles. The first-order valence-electron chi connectivity index (χ1n) is 7.45. The number of amides is 1. The van der Waals surface area contributed by atoms with Gasteiger partial charge in [0.2, 0.25) is 0 Å². The van der Waals surface area contributed by atoms with Gasteiger partial charge in [-0.1, -0.05) is 11.3 Å². The molecule has 2 radical (unpaired) electrons. The van der Waals surface area contributed by atoms with Gasteiger partial charge in [0.05, 0.1) is 7.85 Å². The van der Waals surface area contributed by atoms with Crippen molar-refractivity contribution in [1.82, 2.24) is 4.31 Å². The molecule has 4 N–H and O–H groups in total. The lowest BCUT2D eigenvalue weighted by atomic mass is 9.95. The van der Waals surface area contributed by atoms with Crippen LogP contribution in [0.2, 0.25) is 0 Å². The number of ether oxygens (including phenoxy) is 1. The monoisotopic (exact) mass is 712 g/mol. The Morgan fingerprint density at radius 3 is 2.85 bits per heavy atom. The molecular weight excluding hydrogens is 696 g/mol. The van der Waals surface area contributed by atoms with E-state index in [0.717, 1.165) is 17.8 Å². The van der Waals surface area contributed by atoms with Gasteiger partial charge >= 0.3 is 6.09 Å². The van der Waals surface area contributed by atoms with E-state index < -0.39 is 7.82 Å². The molecule has 0 bridgehead atoms. The highest BCUT2D eigenvalue weighted by atomic mass is 127. The molecule has 0 spiro atoms. The van der Waals surface area contributed by atoms with Crippen LogP contribution >= 0.6 is 65.3 Å². The summed E-state index contributed by atoms with van der Waals surface area (Å²) in [6.45, 7) is 0.718. The minimum atomic E-state index is -1.42. The van der Waals surface area contributed by atoms with Crippen molar-refractivity contribution in [1.29, 1.82) is 5.53 Å². The van der Waals surface area contributed by atoms with E-state index in [4.69, 9.17) is 23.8 Å². The van der Waals surface area contributed by atoms with Gasteiger partial charge in [0.25, 0.3) is 0 Å². The number of halogens is 3. The molecule has 1 amide bonds. The zero-order valence-corrected chi connectivity index (χ0v) is 20.8. The topological polar surface area (TPSA) is 116 Å². The molecule has 1 atom stereocenters. The third-order valence-corrected chi connectivity index (χ3v) is 8.83. The van der Waals surface area contributed by atoms with Gasteiger partial charge in [-0.2, -0.15) is 5.53 Å². The second-order valence-electron chi connectivity index (χ2n) is 5.34. The molecule has 1 aliphatic heterocycles. The zero-order valence-electron chi connectivity index (χ0n) is 13.5. The maximum atomic E-state index is 12.6. The molecule has 140 valence electrons. The van der Waals surface area contributed by atoms with Crippen LogP contribution in [-0.2, 0) is 0 Å². The van der Waals surface area contributed by atoms with Gasteiger partial charge < -0.3 is 15.8 Å². The van der Waals surface area contributed by atoms with Gasteiger partial charge in [0.1, 0.15) is 11.6 Å². The van der Waals surface area contributed by atoms with Crippen LogP contribution in [0.25, 0.3) is 0 Å². The Kier molecular flexibility index (Phi) is 8.52. The van der Waals surface area contributed by atoms with Crippen LogP contribution in [0, 0.1) is 5.53 Å². The van der Waals surface area contributed by atoms with E-state index in [1.807, 2.05) is 12.1 Å². The molecule has 0 fully saturated rings. The molecule has 0 aromatic heterocycles. The van der Waals surface area contributed by atoms with Crippen LogP contribution in [-0.4, -0.2) is 37.1 Å². The minimum Gasteiger partial charge on any atom is -0.409 e. The van der Waals surface area contributed by atoms with E-state index in [2.05, 4.69) is 79.3 Å². The normalized spacial score (nSPS) is 17.2. The number of nitrogens with two attached hydrogens (primary N) is 1. The predicted octanol–water partition coefficient (Wildman–Crippen LogP) is 4.98. The number of nitrogens with zero attached hydrogens (tertiary/aromatic N) is 3. The van der Waals surface area contributed by atoms with E-state index in [0.29, 0.717) is 24.4 Å². The number of carbonyl (C=O) groups excluding carboxylic acids is 1. The summed E-state index contributed by atoms with van der Waals surface area (Å²) in [7, 11) is 5.73. The Bertz CT molecular complexity index is 718. The zero-order chi connectivity index (χ0) is 19.3. The summed E-state index contributed by atoms with van der Waals surface area (Å²) in [6.07, 6.45) is 0.839. The van der Waals surface area contributed by atoms with Crippen LogP contribution in [0.15, 0.2) is 28.5 Å². The summed E-state index contributed by atoms with van der Waals surface area (Å²) in [5, 5.41) is 9.80. The molecule has 1 aromatic carbocycles. The lowest BCUT2D eigenvalue weighted by Gasteiger charge is -2.32. The molecule has 1 unspecified atom stereocenters. The highest BCUT2D eigenvalue weighted by Crippen LogP contribution is 2.73. The highest BCUT2D eigenvalue weighted by Gasteiger charge is 2.31. The molecular formula is C13H16BI3N6O2S. The van der Waals surface area contributed by atoms with E-state index in [-0.39, 0.29) is 12.4 Å². The van der Waals surface area contributed by atoms with Gasteiger partial charge in [-0.15, -0.1) is 5.10 Å². The molecule has 26 heavy (non-hydrogen) atoms. The number of nitrogens with one attached hydrogen (secondary N) is 2. The van der Waals surface area contributed by atoms with Gasteiger partial charge in [0, 0.05) is 95.5 Å². The van der Waals surface area contributed by atoms with Gasteiger partial charge in [-0.25, -0.2) is 4.79 Å². The van der Waals surface area contributed by atoms with Crippen LogP contribution in [0.4, 0.5) is 10.5 Å². The van der Waals surface area contributed by atoms with Gasteiger partial charge in [0.15, 0.2) is 0 Å². The predicted molar refractivity (Wildman–Crippen MR) is 132 cm³/mol. The van der Waals surface area contributed by atoms with E-state index in [1.54, 1.807) is 6.07 Å². The minimum absolute atomic E-state index is 0.0866. The maximum absolute atomic E-state index is 12.6. The van der Waals surface area contributed by atoms with Crippen molar-refractivity contribution in [3.05, 3.63) is 23.8 Å². The number of anilines is 1. The summed E-state index contributed by atoms with van der Waals surface area (Å²) >= 11 is 6.61. The first kappa shape index (κ1) is 22.3. The summed E-state index contributed by atoms with van der Waals surface area (Å²) < 4.78 is 5.78. The Labute approximate surface area is 190 Å². The largest absolute Gasteiger partial charge is 0.425 e. The summed E-state index contributed by atoms with van der Waals surface area (Å²) in [5.41, 5.74) is 14.3.